The Labute approximate surface area is 61.0 Å². The van der Waals surface area contributed by atoms with E-state index in [9.17, 15) is 0 Å². The maximum atomic E-state index is 5.47. The van der Waals surface area contributed by atoms with Gasteiger partial charge in [0.05, 0.1) is 0 Å². The van der Waals surface area contributed by atoms with E-state index in [0.717, 1.165) is 0 Å². The number of rotatable bonds is 0. The minimum atomic E-state index is 0.166. The van der Waals surface area contributed by atoms with E-state index in [1.54, 1.807) is 0 Å². The first kappa shape index (κ1) is 5.53. The molecule has 1 N–H and O–H groups in total. The average molecular weight is 154 g/mol. The lowest BCUT2D eigenvalue weighted by Gasteiger charge is -1.73. The van der Waals surface area contributed by atoms with Crippen LogP contribution in [0.2, 0.25) is 0 Å². The molecule has 0 atom stereocenters. The van der Waals surface area contributed by atoms with Gasteiger partial charge in [-0.1, -0.05) is 4.99 Å². The topological polar surface area (TPSA) is 53.4 Å². The second-order valence-electron chi connectivity index (χ2n) is 1.71. The maximum absolute atomic E-state index is 5.47. The lowest BCUT2D eigenvalue weighted by Crippen LogP contribution is -2.27. The Kier molecular flexibility index (Phi) is 1.03. The molecule has 2 heterocycles. The van der Waals surface area contributed by atoms with E-state index >= 15 is 0 Å². The number of H-pyrrole nitrogens is 1. The molecule has 1 aliphatic heterocycles. The van der Waals surface area contributed by atoms with Crippen molar-refractivity contribution in [1.82, 2.24) is 9.97 Å². The van der Waals surface area contributed by atoms with Crippen molar-refractivity contribution in [2.45, 2.75) is 0 Å². The van der Waals surface area contributed by atoms with E-state index < -0.39 is 0 Å². The largest absolute Gasteiger partial charge is 0.345 e. The minimum Gasteiger partial charge on any atom is -0.311 e. The Morgan fingerprint density at radius 3 is 3.40 bits per heavy atom. The van der Waals surface area contributed by atoms with E-state index in [4.69, 9.17) is 11.6 Å². The molecule has 1 aliphatic rings. The van der Waals surface area contributed by atoms with Gasteiger partial charge in [-0.3, -0.25) is 0 Å². The number of nitrogens with zero attached hydrogens (tertiary/aromatic N) is 3. The number of fused-ring (bicyclic) bond motifs is 1. The fourth-order valence-corrected chi connectivity index (χ4v) is 0.791. The van der Waals surface area contributed by atoms with Gasteiger partial charge in [-0.25, -0.2) is 0 Å². The molecule has 0 radical (unpaired) electrons. The van der Waals surface area contributed by atoms with Crippen molar-refractivity contribution in [1.29, 1.82) is 0 Å². The molecule has 5 heteroatoms. The summed E-state index contributed by atoms with van der Waals surface area (Å²) in [5, 5.41) is 0.837. The summed E-state index contributed by atoms with van der Waals surface area (Å²) in [6, 6.07) is 0. The molecule has 0 fully saturated rings. The number of amidine groups is 1. The molecule has 0 aliphatic carbocycles. The molecule has 0 aromatic carbocycles. The highest BCUT2D eigenvalue weighted by atomic mass is 35.5. The fourth-order valence-electron chi connectivity index (χ4n) is 0.669. The van der Waals surface area contributed by atoms with E-state index in [1.807, 2.05) is 0 Å². The zero-order chi connectivity index (χ0) is 6.97. The summed E-state index contributed by atoms with van der Waals surface area (Å²) >= 11 is 5.47. The van der Waals surface area contributed by atoms with Gasteiger partial charge in [0.25, 0.3) is 5.35 Å². The molecule has 2 rings (SSSR count). The van der Waals surface area contributed by atoms with Gasteiger partial charge in [0.1, 0.15) is 6.33 Å². The van der Waals surface area contributed by atoms with Crippen molar-refractivity contribution in [3.8, 4) is 0 Å². The molecule has 0 saturated heterocycles. The molecule has 48 valence electrons. The Hall–Kier alpha value is -1.25. The van der Waals surface area contributed by atoms with Crippen molar-refractivity contribution < 1.29 is 0 Å². The first-order valence-corrected chi connectivity index (χ1v) is 2.98. The van der Waals surface area contributed by atoms with Gasteiger partial charge in [0.15, 0.2) is 6.20 Å². The van der Waals surface area contributed by atoms with Crippen LogP contribution in [0.4, 0.5) is 0 Å². The Morgan fingerprint density at radius 1 is 1.60 bits per heavy atom. The van der Waals surface area contributed by atoms with Gasteiger partial charge >= 0.3 is 10.8 Å². The molecule has 4 nitrogen and oxygen atoms in total. The van der Waals surface area contributed by atoms with Crippen LogP contribution in [0.3, 0.4) is 0 Å². The van der Waals surface area contributed by atoms with E-state index in [2.05, 4.69) is 26.2 Å². The quantitative estimate of drug-likeness (QED) is 0.387. The van der Waals surface area contributed by atoms with Crippen LogP contribution in [0, 0.1) is 0 Å². The van der Waals surface area contributed by atoms with Crippen LogP contribution in [-0.4, -0.2) is 15.3 Å². The summed E-state index contributed by atoms with van der Waals surface area (Å²) in [5.74, 6) is 0. The molecular weight excluding hydrogens is 152 g/mol. The van der Waals surface area contributed by atoms with Crippen molar-refractivity contribution in [2.24, 2.45) is 9.98 Å². The number of imidazole rings is 1. The van der Waals surface area contributed by atoms with Crippen molar-refractivity contribution >= 4 is 23.1 Å². The molecule has 0 amide bonds. The van der Waals surface area contributed by atoms with E-state index in [1.165, 1.54) is 6.33 Å². The van der Waals surface area contributed by atoms with Crippen LogP contribution in [0.5, 0.6) is 0 Å². The molecule has 0 spiro atoms. The highest BCUT2D eigenvalue weighted by Crippen LogP contribution is 1.88. The molecule has 0 unspecified atom stereocenters. The second kappa shape index (κ2) is 1.87. The second-order valence-corrected chi connectivity index (χ2v) is 2.04. The normalized spacial score (nSPS) is 13.9. The summed E-state index contributed by atoms with van der Waals surface area (Å²) in [6.07, 6.45) is 4.16. The Balaban J connectivity index is 2.85. The lowest BCUT2D eigenvalue weighted by molar-refractivity contribution is 1.19. The number of nitrogens with one attached hydrogen (secondary N) is 1. The summed E-state index contributed by atoms with van der Waals surface area (Å²) in [4.78, 5) is 14.1. The first-order chi connectivity index (χ1) is 4.86. The number of hydrogen-bond acceptors (Lipinski definition) is 3. The summed E-state index contributed by atoms with van der Waals surface area (Å²) < 4.78 is 0. The number of aromatic nitrogens is 2. The van der Waals surface area contributed by atoms with Gasteiger partial charge < -0.3 is 4.98 Å². The first-order valence-electron chi connectivity index (χ1n) is 2.60. The lowest BCUT2D eigenvalue weighted by atomic mass is 10.6. The van der Waals surface area contributed by atoms with E-state index in [-0.39, 0.29) is 5.29 Å². The number of aliphatic imine (C=N–C) groups is 1. The van der Waals surface area contributed by atoms with Crippen molar-refractivity contribution in [3.63, 3.8) is 0 Å². The molecular formula is C5H2ClN4+. The van der Waals surface area contributed by atoms with Crippen LogP contribution in [0.25, 0.3) is 6.20 Å². The maximum Gasteiger partial charge on any atom is 0.345 e. The monoisotopic (exact) mass is 153 g/mol. The highest BCUT2D eigenvalue weighted by Gasteiger charge is 2.09. The average Bonchev–Trinajstić information content (AvgIpc) is 2.33. The summed E-state index contributed by atoms with van der Waals surface area (Å²) in [5.41, 5.74) is 0.542. The third-order valence-electron chi connectivity index (χ3n) is 1.08. The standard InChI is InChI=1S/C5H2ClN4/c6-5-7-1-3-4(10-5)9-2-8-3/h2H,(H,7,8,9,10)/q+1. The smallest absolute Gasteiger partial charge is 0.311 e. The van der Waals surface area contributed by atoms with Crippen LogP contribution >= 0.6 is 11.6 Å². The number of aromatic amines is 1. The molecule has 1 aromatic rings. The minimum absolute atomic E-state index is 0.166. The third kappa shape index (κ3) is 0.708. The van der Waals surface area contributed by atoms with Gasteiger partial charge in [0.2, 0.25) is 0 Å². The van der Waals surface area contributed by atoms with Crippen LogP contribution in [0.15, 0.2) is 16.3 Å². The summed E-state index contributed by atoms with van der Waals surface area (Å²) in [6.45, 7) is 0. The molecule has 1 aromatic heterocycles. The molecule has 0 bridgehead atoms. The Bertz CT molecular complexity index is 388. The fraction of sp³-hybridized carbons (Fsp3) is 0. The predicted molar refractivity (Wildman–Crippen MR) is 36.1 cm³/mol. The zero-order valence-electron chi connectivity index (χ0n) is 4.80. The predicted octanol–water partition coefficient (Wildman–Crippen LogP) is -0.747. The zero-order valence-corrected chi connectivity index (χ0v) is 5.55. The molecule has 0 saturated carbocycles. The van der Waals surface area contributed by atoms with Crippen molar-refractivity contribution in [2.75, 3.05) is 0 Å². The van der Waals surface area contributed by atoms with Crippen LogP contribution in [-0.2, 0) is 0 Å². The van der Waals surface area contributed by atoms with Gasteiger partial charge in [-0.2, -0.15) is 0 Å². The number of halogens is 1. The van der Waals surface area contributed by atoms with Gasteiger partial charge in [-0.15, -0.1) is 4.98 Å². The van der Waals surface area contributed by atoms with Crippen LogP contribution in [0.1, 0.15) is 0 Å². The highest BCUT2D eigenvalue weighted by molar-refractivity contribution is 6.65. The molecule has 10 heavy (non-hydrogen) atoms. The van der Waals surface area contributed by atoms with E-state index in [0.29, 0.717) is 10.8 Å². The van der Waals surface area contributed by atoms with Gasteiger partial charge in [0, 0.05) is 11.6 Å². The van der Waals surface area contributed by atoms with Crippen molar-refractivity contribution in [3.05, 3.63) is 17.2 Å². The SMILES string of the molecule is ClC1=N[C+]=c2[nH]cnc2=N1. The van der Waals surface area contributed by atoms with Crippen LogP contribution < -0.4 is 10.8 Å². The third-order valence-corrected chi connectivity index (χ3v) is 1.25. The Morgan fingerprint density at radius 2 is 2.50 bits per heavy atom. The summed E-state index contributed by atoms with van der Waals surface area (Å²) in [7, 11) is 0. The van der Waals surface area contributed by atoms with Gasteiger partial charge in [-0.05, 0) is 4.99 Å². The number of hydrogen-bond donors (Lipinski definition) is 1.